The lowest BCUT2D eigenvalue weighted by molar-refractivity contribution is 0.0953. The fraction of sp³-hybridized carbons (Fsp3) is 0.172. The summed E-state index contributed by atoms with van der Waals surface area (Å²) in [4.78, 5) is 26.8. The van der Waals surface area contributed by atoms with Crippen LogP contribution in [0.3, 0.4) is 0 Å². The van der Waals surface area contributed by atoms with Gasteiger partial charge in [-0.3, -0.25) is 9.79 Å². The fourth-order valence-electron chi connectivity index (χ4n) is 4.14. The van der Waals surface area contributed by atoms with Crippen molar-refractivity contribution in [3.05, 3.63) is 90.4 Å². The third-order valence-corrected chi connectivity index (χ3v) is 6.03. The molecule has 0 spiro atoms. The van der Waals surface area contributed by atoms with E-state index in [1.807, 2.05) is 36.5 Å². The Balaban J connectivity index is 1.46. The topological polar surface area (TPSA) is 76.5 Å². The molecule has 6 nitrogen and oxygen atoms in total. The van der Waals surface area contributed by atoms with Crippen molar-refractivity contribution in [2.45, 2.75) is 19.3 Å². The molecule has 0 saturated heterocycles. The van der Waals surface area contributed by atoms with E-state index in [-0.39, 0.29) is 11.7 Å². The second kappa shape index (κ2) is 10.5. The Hall–Kier alpha value is -4.39. The number of aliphatic imine (C=N–C) groups is 1. The molecule has 0 bridgehead atoms. The van der Waals surface area contributed by atoms with Gasteiger partial charge < -0.3 is 10.1 Å². The van der Waals surface area contributed by atoms with Crippen LogP contribution in [0, 0.1) is 5.82 Å². The minimum atomic E-state index is -0.320. The molecule has 0 fully saturated rings. The summed E-state index contributed by atoms with van der Waals surface area (Å²) in [5, 5.41) is 2.98. The lowest BCUT2D eigenvalue weighted by atomic mass is 10.0. The molecule has 36 heavy (non-hydrogen) atoms. The summed E-state index contributed by atoms with van der Waals surface area (Å²) in [7, 11) is 1.61. The van der Waals surface area contributed by atoms with Gasteiger partial charge in [-0.15, -0.1) is 0 Å². The fourth-order valence-corrected chi connectivity index (χ4v) is 4.14. The van der Waals surface area contributed by atoms with Crippen molar-refractivity contribution in [1.29, 1.82) is 0 Å². The second-order valence-corrected chi connectivity index (χ2v) is 8.51. The van der Waals surface area contributed by atoms with E-state index >= 15 is 0 Å². The average Bonchev–Trinajstić information content (AvgIpc) is 3.44. The van der Waals surface area contributed by atoms with Crippen LogP contribution in [0.15, 0.2) is 84.0 Å². The minimum absolute atomic E-state index is 0.157. The molecule has 0 aliphatic carbocycles. The Morgan fingerprint density at radius 3 is 2.56 bits per heavy atom. The van der Waals surface area contributed by atoms with Crippen molar-refractivity contribution in [3.63, 3.8) is 0 Å². The molecule has 0 unspecified atom stereocenters. The summed E-state index contributed by atoms with van der Waals surface area (Å²) in [6.07, 6.45) is 6.45. The number of rotatable bonds is 8. The Morgan fingerprint density at radius 1 is 0.972 bits per heavy atom. The van der Waals surface area contributed by atoms with Gasteiger partial charge in [0.2, 0.25) is 0 Å². The monoisotopic (exact) mass is 480 g/mol. The highest BCUT2D eigenvalue weighted by Crippen LogP contribution is 2.33. The van der Waals surface area contributed by atoms with E-state index in [4.69, 9.17) is 14.7 Å². The normalized spacial score (nSPS) is 12.6. The van der Waals surface area contributed by atoms with Crippen molar-refractivity contribution in [2.24, 2.45) is 4.99 Å². The van der Waals surface area contributed by atoms with Crippen LogP contribution >= 0.6 is 0 Å². The van der Waals surface area contributed by atoms with Crippen molar-refractivity contribution in [2.75, 3.05) is 13.7 Å². The van der Waals surface area contributed by atoms with Crippen LogP contribution < -0.4 is 10.1 Å². The van der Waals surface area contributed by atoms with Crippen LogP contribution in [0.1, 0.15) is 29.6 Å². The number of carbonyl (C=O) groups is 1. The largest absolute Gasteiger partial charge is 0.497 e. The number of nitrogens with one attached hydrogen (secondary N) is 1. The molecule has 3 aromatic carbocycles. The predicted molar refractivity (Wildman–Crippen MR) is 140 cm³/mol. The lowest BCUT2D eigenvalue weighted by Gasteiger charge is -2.12. The molecule has 1 aliphatic heterocycles. The quantitative estimate of drug-likeness (QED) is 0.315. The van der Waals surface area contributed by atoms with E-state index in [9.17, 15) is 9.18 Å². The SMILES string of the molecule is COc1cccc(-c2nc3cc(C(=O)NCCCC4=NC=CC4)ccc3nc2-c2ccc(F)cc2)c1. The smallest absolute Gasteiger partial charge is 0.251 e. The van der Waals surface area contributed by atoms with Crippen molar-refractivity contribution in [1.82, 2.24) is 15.3 Å². The molecule has 180 valence electrons. The molecule has 5 rings (SSSR count). The van der Waals surface area contributed by atoms with Crippen LogP contribution in [-0.4, -0.2) is 35.2 Å². The van der Waals surface area contributed by atoms with E-state index in [1.54, 1.807) is 37.4 Å². The number of carbonyl (C=O) groups excluding carboxylic acids is 1. The summed E-state index contributed by atoms with van der Waals surface area (Å²) in [5.74, 6) is 0.210. The predicted octanol–water partition coefficient (Wildman–Crippen LogP) is 5.98. The molecule has 1 N–H and O–H groups in total. The molecule has 1 aliphatic rings. The number of hydrogen-bond acceptors (Lipinski definition) is 5. The zero-order chi connectivity index (χ0) is 24.9. The first kappa shape index (κ1) is 23.4. The number of halogens is 1. The molecule has 0 radical (unpaired) electrons. The van der Waals surface area contributed by atoms with Gasteiger partial charge in [-0.25, -0.2) is 14.4 Å². The van der Waals surface area contributed by atoms with Crippen LogP contribution in [0.5, 0.6) is 5.75 Å². The lowest BCUT2D eigenvalue weighted by Crippen LogP contribution is -2.24. The van der Waals surface area contributed by atoms with E-state index in [2.05, 4.69) is 10.3 Å². The van der Waals surface area contributed by atoms with Gasteiger partial charge in [-0.1, -0.05) is 18.2 Å². The number of hydrogen-bond donors (Lipinski definition) is 1. The first-order valence-electron chi connectivity index (χ1n) is 11.8. The van der Waals surface area contributed by atoms with E-state index in [1.165, 1.54) is 12.1 Å². The summed E-state index contributed by atoms with van der Waals surface area (Å²) < 4.78 is 19.0. The number of allylic oxidation sites excluding steroid dienone is 1. The van der Waals surface area contributed by atoms with Gasteiger partial charge in [0.1, 0.15) is 11.6 Å². The van der Waals surface area contributed by atoms with Crippen LogP contribution in [0.4, 0.5) is 4.39 Å². The molecule has 2 heterocycles. The average molecular weight is 481 g/mol. The zero-order valence-corrected chi connectivity index (χ0v) is 19.9. The summed E-state index contributed by atoms with van der Waals surface area (Å²) in [5.41, 5.74) is 5.69. The van der Waals surface area contributed by atoms with Crippen LogP contribution in [0.25, 0.3) is 33.5 Å². The number of amides is 1. The molecule has 4 aromatic rings. The summed E-state index contributed by atoms with van der Waals surface area (Å²) in [6.45, 7) is 0.570. The number of methoxy groups -OCH3 is 1. The molecule has 1 aromatic heterocycles. The maximum Gasteiger partial charge on any atom is 0.251 e. The number of ether oxygens (including phenoxy) is 1. The van der Waals surface area contributed by atoms with Crippen LogP contribution in [0.2, 0.25) is 0 Å². The number of fused-ring (bicyclic) bond motifs is 1. The van der Waals surface area contributed by atoms with E-state index in [0.29, 0.717) is 40.3 Å². The number of aromatic nitrogens is 2. The highest BCUT2D eigenvalue weighted by Gasteiger charge is 2.16. The maximum atomic E-state index is 13.6. The second-order valence-electron chi connectivity index (χ2n) is 8.51. The first-order chi connectivity index (χ1) is 17.6. The van der Waals surface area contributed by atoms with Gasteiger partial charge >= 0.3 is 0 Å². The minimum Gasteiger partial charge on any atom is -0.497 e. The third-order valence-electron chi connectivity index (χ3n) is 6.03. The molecular formula is C29H25FN4O2. The summed E-state index contributed by atoms with van der Waals surface area (Å²) >= 11 is 0. The number of benzene rings is 3. The highest BCUT2D eigenvalue weighted by atomic mass is 19.1. The van der Waals surface area contributed by atoms with Gasteiger partial charge in [0, 0.05) is 41.6 Å². The van der Waals surface area contributed by atoms with E-state index in [0.717, 1.165) is 36.1 Å². The standard InChI is InChI=1S/C29H25FN4O2/c1-36-24-8-2-5-20(17-24)28-27(19-9-12-22(30)13-10-19)33-25-14-11-21(18-26(25)34-28)29(35)32-16-4-7-23-6-3-15-31-23/h2-3,5,8-15,17-18H,4,6-7,16H2,1H3,(H,32,35). The van der Waals surface area contributed by atoms with Gasteiger partial charge in [-0.2, -0.15) is 0 Å². The summed E-state index contributed by atoms with van der Waals surface area (Å²) in [6, 6.07) is 19.0. The van der Waals surface area contributed by atoms with Crippen LogP contribution in [-0.2, 0) is 0 Å². The van der Waals surface area contributed by atoms with Crippen molar-refractivity contribution in [3.8, 4) is 28.3 Å². The first-order valence-corrected chi connectivity index (χ1v) is 11.8. The molecule has 0 atom stereocenters. The molecule has 7 heteroatoms. The Kier molecular flexibility index (Phi) is 6.80. The van der Waals surface area contributed by atoms with Gasteiger partial charge in [0.05, 0.1) is 29.5 Å². The van der Waals surface area contributed by atoms with Gasteiger partial charge in [0.25, 0.3) is 5.91 Å². The van der Waals surface area contributed by atoms with Crippen molar-refractivity contribution < 1.29 is 13.9 Å². The highest BCUT2D eigenvalue weighted by molar-refractivity contribution is 5.98. The van der Waals surface area contributed by atoms with Gasteiger partial charge in [0.15, 0.2) is 0 Å². The molecule has 0 saturated carbocycles. The Morgan fingerprint density at radius 2 is 1.78 bits per heavy atom. The van der Waals surface area contributed by atoms with Crippen molar-refractivity contribution >= 4 is 22.7 Å². The van der Waals surface area contributed by atoms with Gasteiger partial charge in [-0.05, 0) is 67.4 Å². The number of nitrogens with zero attached hydrogens (tertiary/aromatic N) is 3. The van der Waals surface area contributed by atoms with E-state index < -0.39 is 0 Å². The zero-order valence-electron chi connectivity index (χ0n) is 19.9. The third kappa shape index (κ3) is 5.15. The molecule has 1 amide bonds. The maximum absolute atomic E-state index is 13.6. The molecular weight excluding hydrogens is 455 g/mol. The Bertz CT molecular complexity index is 1480. The Labute approximate surface area is 208 Å².